The predicted octanol–water partition coefficient (Wildman–Crippen LogP) is 2.53. The van der Waals surface area contributed by atoms with Gasteiger partial charge in [0.2, 0.25) is 5.91 Å². The van der Waals surface area contributed by atoms with Gasteiger partial charge in [-0.05, 0) is 49.9 Å². The lowest BCUT2D eigenvalue weighted by Crippen LogP contribution is -2.47. The molecule has 1 saturated heterocycles. The Morgan fingerprint density at radius 1 is 1.08 bits per heavy atom. The molecule has 0 bridgehead atoms. The van der Waals surface area contributed by atoms with Crippen LogP contribution in [0.2, 0.25) is 0 Å². The highest BCUT2D eigenvalue weighted by molar-refractivity contribution is 5.79. The van der Waals surface area contributed by atoms with Gasteiger partial charge in [-0.3, -0.25) is 4.79 Å². The first-order valence-electron chi connectivity index (χ1n) is 9.20. The van der Waals surface area contributed by atoms with Crippen molar-refractivity contribution in [2.24, 2.45) is 5.92 Å². The third-order valence-electron chi connectivity index (χ3n) is 4.76. The zero-order chi connectivity index (χ0) is 19.3. The van der Waals surface area contributed by atoms with Gasteiger partial charge in [0.25, 0.3) is 0 Å². The van der Waals surface area contributed by atoms with Crippen molar-refractivity contribution in [1.82, 2.24) is 14.7 Å². The molecular weight excluding hydrogens is 330 g/mol. The summed E-state index contributed by atoms with van der Waals surface area (Å²) in [5.41, 5.74) is 2.34. The minimum Gasteiger partial charge on any atom is -0.492 e. The molecule has 3 amide bonds. The molecule has 144 valence electrons. The van der Waals surface area contributed by atoms with Crippen LogP contribution in [0.4, 0.5) is 4.79 Å². The fraction of sp³-hybridized carbons (Fsp3) is 0.600. The Kier molecular flexibility index (Phi) is 6.89. The molecule has 2 rings (SSSR count). The van der Waals surface area contributed by atoms with Crippen LogP contribution in [0.25, 0.3) is 0 Å². The second-order valence-electron chi connectivity index (χ2n) is 7.37. The lowest BCUT2D eigenvalue weighted by molar-refractivity contribution is -0.135. The smallest absolute Gasteiger partial charge is 0.319 e. The molecule has 0 saturated carbocycles. The zero-order valence-electron chi connectivity index (χ0n) is 16.6. The summed E-state index contributed by atoms with van der Waals surface area (Å²) in [4.78, 5) is 29.7. The number of benzene rings is 1. The van der Waals surface area contributed by atoms with Gasteiger partial charge in [0.15, 0.2) is 0 Å². The van der Waals surface area contributed by atoms with Crippen molar-refractivity contribution in [3.63, 3.8) is 0 Å². The van der Waals surface area contributed by atoms with E-state index in [0.717, 1.165) is 18.6 Å². The Labute approximate surface area is 156 Å². The first kappa shape index (κ1) is 20.1. The Morgan fingerprint density at radius 2 is 1.65 bits per heavy atom. The monoisotopic (exact) mass is 361 g/mol. The number of amides is 3. The summed E-state index contributed by atoms with van der Waals surface area (Å²) in [7, 11) is 5.33. The molecule has 26 heavy (non-hydrogen) atoms. The fourth-order valence-corrected chi connectivity index (χ4v) is 3.34. The number of rotatable bonds is 5. The van der Waals surface area contributed by atoms with Crippen LogP contribution in [0.1, 0.15) is 24.0 Å². The lowest BCUT2D eigenvalue weighted by atomic mass is 9.95. The van der Waals surface area contributed by atoms with Gasteiger partial charge in [0.1, 0.15) is 12.4 Å². The van der Waals surface area contributed by atoms with Crippen LogP contribution in [0.15, 0.2) is 18.2 Å². The number of urea groups is 1. The number of nitrogens with zero attached hydrogens (tertiary/aromatic N) is 3. The first-order chi connectivity index (χ1) is 12.3. The molecule has 0 unspecified atom stereocenters. The standard InChI is InChI=1S/C20H31N3O3/c1-15-12-16(2)14-18(13-15)26-11-10-22(5)19(24)17-6-8-23(9-7-17)20(25)21(3)4/h12-14,17H,6-11H2,1-5H3. The van der Waals surface area contributed by atoms with E-state index in [0.29, 0.717) is 26.2 Å². The maximum Gasteiger partial charge on any atom is 0.319 e. The van der Waals surface area contributed by atoms with Crippen LogP contribution in [0.3, 0.4) is 0 Å². The van der Waals surface area contributed by atoms with E-state index in [1.54, 1.807) is 23.9 Å². The maximum absolute atomic E-state index is 12.6. The van der Waals surface area contributed by atoms with E-state index in [4.69, 9.17) is 4.74 Å². The van der Waals surface area contributed by atoms with Crippen molar-refractivity contribution in [3.05, 3.63) is 29.3 Å². The van der Waals surface area contributed by atoms with Gasteiger partial charge < -0.3 is 19.4 Å². The third kappa shape index (κ3) is 5.38. The second kappa shape index (κ2) is 8.92. The van der Waals surface area contributed by atoms with Crippen molar-refractivity contribution in [3.8, 4) is 5.75 Å². The summed E-state index contributed by atoms with van der Waals surface area (Å²) in [6, 6.07) is 6.14. The summed E-state index contributed by atoms with van der Waals surface area (Å²) < 4.78 is 5.80. The van der Waals surface area contributed by atoms with Crippen LogP contribution < -0.4 is 4.74 Å². The van der Waals surface area contributed by atoms with Gasteiger partial charge >= 0.3 is 6.03 Å². The van der Waals surface area contributed by atoms with Crippen molar-refractivity contribution in [2.75, 3.05) is 47.4 Å². The van der Waals surface area contributed by atoms with Gasteiger partial charge in [-0.1, -0.05) is 6.07 Å². The molecule has 0 N–H and O–H groups in total. The summed E-state index contributed by atoms with van der Waals surface area (Å²) >= 11 is 0. The van der Waals surface area contributed by atoms with Crippen LogP contribution in [-0.4, -0.2) is 74.0 Å². The van der Waals surface area contributed by atoms with E-state index in [9.17, 15) is 9.59 Å². The minimum absolute atomic E-state index is 0.00701. The molecule has 1 aromatic carbocycles. The molecule has 0 atom stereocenters. The molecule has 0 aliphatic carbocycles. The Hall–Kier alpha value is -2.24. The van der Waals surface area contributed by atoms with E-state index < -0.39 is 0 Å². The molecule has 1 aromatic rings. The highest BCUT2D eigenvalue weighted by atomic mass is 16.5. The van der Waals surface area contributed by atoms with E-state index in [2.05, 4.69) is 6.07 Å². The summed E-state index contributed by atoms with van der Waals surface area (Å²) in [5.74, 6) is 0.984. The van der Waals surface area contributed by atoms with E-state index in [1.807, 2.05) is 37.9 Å². The first-order valence-corrected chi connectivity index (χ1v) is 9.20. The summed E-state index contributed by atoms with van der Waals surface area (Å²) in [6.45, 7) is 6.40. The van der Waals surface area contributed by atoms with Crippen molar-refractivity contribution in [1.29, 1.82) is 0 Å². The van der Waals surface area contributed by atoms with Crippen LogP contribution >= 0.6 is 0 Å². The Bertz CT molecular complexity index is 617. The normalized spacial score (nSPS) is 14.9. The summed E-state index contributed by atoms with van der Waals surface area (Å²) in [5, 5.41) is 0. The Balaban J connectivity index is 1.76. The average Bonchev–Trinajstić information content (AvgIpc) is 2.59. The van der Waals surface area contributed by atoms with Crippen molar-refractivity contribution in [2.45, 2.75) is 26.7 Å². The third-order valence-corrected chi connectivity index (χ3v) is 4.76. The number of hydrogen-bond acceptors (Lipinski definition) is 3. The number of aryl methyl sites for hydroxylation is 2. The van der Waals surface area contributed by atoms with E-state index in [-0.39, 0.29) is 17.9 Å². The molecule has 6 heteroatoms. The van der Waals surface area contributed by atoms with E-state index in [1.165, 1.54) is 11.1 Å². The van der Waals surface area contributed by atoms with Gasteiger partial charge in [-0.2, -0.15) is 0 Å². The number of carbonyl (C=O) groups excluding carboxylic acids is 2. The molecule has 1 aliphatic rings. The average molecular weight is 361 g/mol. The van der Waals surface area contributed by atoms with Gasteiger partial charge in [-0.25, -0.2) is 4.79 Å². The SMILES string of the molecule is Cc1cc(C)cc(OCCN(C)C(=O)C2CCN(C(=O)N(C)C)CC2)c1. The fourth-order valence-electron chi connectivity index (χ4n) is 3.34. The lowest BCUT2D eigenvalue weighted by Gasteiger charge is -2.34. The van der Waals surface area contributed by atoms with Crippen LogP contribution in [0, 0.1) is 19.8 Å². The van der Waals surface area contributed by atoms with Gasteiger partial charge in [-0.15, -0.1) is 0 Å². The Morgan fingerprint density at radius 3 is 2.19 bits per heavy atom. The minimum atomic E-state index is -0.00701. The zero-order valence-corrected chi connectivity index (χ0v) is 16.6. The molecule has 0 aromatic heterocycles. The molecule has 1 fully saturated rings. The topological polar surface area (TPSA) is 53.1 Å². The molecule has 0 radical (unpaired) electrons. The van der Waals surface area contributed by atoms with Crippen LogP contribution in [-0.2, 0) is 4.79 Å². The highest BCUT2D eigenvalue weighted by Gasteiger charge is 2.29. The van der Waals surface area contributed by atoms with Gasteiger partial charge in [0, 0.05) is 40.2 Å². The maximum atomic E-state index is 12.6. The number of likely N-dealkylation sites (tertiary alicyclic amines) is 1. The quantitative estimate of drug-likeness (QED) is 0.810. The largest absolute Gasteiger partial charge is 0.492 e. The molecule has 1 heterocycles. The predicted molar refractivity (Wildman–Crippen MR) is 102 cm³/mol. The highest BCUT2D eigenvalue weighted by Crippen LogP contribution is 2.20. The van der Waals surface area contributed by atoms with Crippen molar-refractivity contribution >= 4 is 11.9 Å². The number of ether oxygens (including phenoxy) is 1. The number of hydrogen-bond donors (Lipinski definition) is 0. The van der Waals surface area contributed by atoms with Crippen LogP contribution in [0.5, 0.6) is 5.75 Å². The molecule has 1 aliphatic heterocycles. The number of likely N-dealkylation sites (N-methyl/N-ethyl adjacent to an activating group) is 1. The number of piperidine rings is 1. The molecular formula is C20H31N3O3. The van der Waals surface area contributed by atoms with Gasteiger partial charge in [0.05, 0.1) is 6.54 Å². The summed E-state index contributed by atoms with van der Waals surface area (Å²) in [6.07, 6.45) is 1.45. The van der Waals surface area contributed by atoms with Crippen molar-refractivity contribution < 1.29 is 14.3 Å². The second-order valence-corrected chi connectivity index (χ2v) is 7.37. The van der Waals surface area contributed by atoms with E-state index >= 15 is 0 Å². The molecule has 6 nitrogen and oxygen atoms in total. The number of carbonyl (C=O) groups is 2. The molecule has 0 spiro atoms.